The molecule has 0 aliphatic carbocycles. The van der Waals surface area contributed by atoms with Crippen molar-refractivity contribution >= 4 is 17.8 Å². The summed E-state index contributed by atoms with van der Waals surface area (Å²) in [5.41, 5.74) is 0. The summed E-state index contributed by atoms with van der Waals surface area (Å²) in [5.74, 6) is -6.10. The van der Waals surface area contributed by atoms with E-state index in [9.17, 15) is 75.7 Å². The molecule has 0 saturated carbocycles. The molecule has 3 rings (SSSR count). The molecule has 0 spiro atoms. The van der Waals surface area contributed by atoms with Crippen molar-refractivity contribution in [2.45, 2.75) is 349 Å². The molecule has 3 aliphatic rings. The van der Waals surface area contributed by atoms with Crippen molar-refractivity contribution in [3.63, 3.8) is 0 Å². The van der Waals surface area contributed by atoms with Crippen molar-refractivity contribution in [3.8, 4) is 0 Å². The summed E-state index contributed by atoms with van der Waals surface area (Å²) >= 11 is 0. The number of aliphatic hydroxyl groups excluding tert-OH is 11. The predicted molar refractivity (Wildman–Crippen MR) is 325 cm³/mol. The number of carbonyl (C=O) groups excluding carboxylic acids is 2. The number of aliphatic carboxylic acids is 1. The SMILES string of the molecule is CCCCCCCCCCCCC/C=C\CCCCCCCCCC(=O)NC(COC1OC(CO)C(OC2OC(CO)C(O)C(OC3(C(=O)O)CC(O)C(NC(C)=O)C(C(O)C(O)CO)O3)C2O)C(O)C1O)C(O)CCCCCCCCCCCCC. The highest BCUT2D eigenvalue weighted by Gasteiger charge is 2.60. The molecule has 14 N–H and O–H groups in total. The van der Waals surface area contributed by atoms with Gasteiger partial charge in [0, 0.05) is 19.8 Å². The normalized spacial score (nSPS) is 29.2. The lowest BCUT2D eigenvalue weighted by Gasteiger charge is -2.50. The minimum atomic E-state index is -3.08. The van der Waals surface area contributed by atoms with Gasteiger partial charge in [-0.25, -0.2) is 4.79 Å². The van der Waals surface area contributed by atoms with Gasteiger partial charge in [-0.2, -0.15) is 0 Å². The average Bonchev–Trinajstić information content (AvgIpc) is 1.31. The van der Waals surface area contributed by atoms with Crippen LogP contribution in [0.3, 0.4) is 0 Å². The summed E-state index contributed by atoms with van der Waals surface area (Å²) in [6, 6.07) is -2.53. The van der Waals surface area contributed by atoms with Crippen LogP contribution in [0, 0.1) is 0 Å². The topological polar surface area (TPSA) is 373 Å². The zero-order chi connectivity index (χ0) is 64.0. The number of allylic oxidation sites excluding steroid dienone is 2. The average molecular weight is 1250 g/mol. The van der Waals surface area contributed by atoms with E-state index in [1.165, 1.54) is 109 Å². The molecule has 3 heterocycles. The molecule has 23 heteroatoms. The molecule has 23 nitrogen and oxygen atoms in total. The fourth-order valence-electron chi connectivity index (χ4n) is 11.8. The number of unbranched alkanes of at least 4 members (excludes halogenated alkanes) is 28. The zero-order valence-electron chi connectivity index (χ0n) is 52.9. The number of carboxylic acids is 1. The summed E-state index contributed by atoms with van der Waals surface area (Å²) < 4.78 is 34.8. The second kappa shape index (κ2) is 45.7. The molecule has 2 amide bonds. The minimum absolute atomic E-state index is 0.220. The van der Waals surface area contributed by atoms with Crippen molar-refractivity contribution in [3.05, 3.63) is 12.2 Å². The molecule has 3 saturated heterocycles. The van der Waals surface area contributed by atoms with Crippen LogP contribution >= 0.6 is 0 Å². The number of hydrogen-bond donors (Lipinski definition) is 14. The first-order valence-electron chi connectivity index (χ1n) is 33.5. The zero-order valence-corrected chi connectivity index (χ0v) is 52.9. The van der Waals surface area contributed by atoms with E-state index in [0.717, 1.165) is 84.0 Å². The smallest absolute Gasteiger partial charge is 0.364 e. The van der Waals surface area contributed by atoms with Gasteiger partial charge >= 0.3 is 5.97 Å². The van der Waals surface area contributed by atoms with Crippen LogP contribution in [-0.2, 0) is 42.8 Å². The van der Waals surface area contributed by atoms with Crippen molar-refractivity contribution in [2.75, 3.05) is 26.4 Å². The summed E-state index contributed by atoms with van der Waals surface area (Å²) in [5, 5.41) is 136. The minimum Gasteiger partial charge on any atom is -0.477 e. The Morgan fingerprint density at radius 3 is 1.55 bits per heavy atom. The Kier molecular flexibility index (Phi) is 41.3. The van der Waals surface area contributed by atoms with Crippen LogP contribution in [0.5, 0.6) is 0 Å². The Balaban J connectivity index is 1.58. The van der Waals surface area contributed by atoms with Crippen LogP contribution in [0.15, 0.2) is 12.2 Å². The van der Waals surface area contributed by atoms with E-state index in [2.05, 4.69) is 36.6 Å². The third-order valence-electron chi connectivity index (χ3n) is 17.2. The van der Waals surface area contributed by atoms with Crippen molar-refractivity contribution in [1.29, 1.82) is 0 Å². The maximum Gasteiger partial charge on any atom is 0.364 e. The fraction of sp³-hybridized carbons (Fsp3) is 0.922. The van der Waals surface area contributed by atoms with E-state index in [1.54, 1.807) is 0 Å². The number of carboxylic acid groups (broad SMARTS) is 1. The van der Waals surface area contributed by atoms with Gasteiger partial charge in [-0.05, 0) is 38.5 Å². The Morgan fingerprint density at radius 1 is 0.586 bits per heavy atom. The van der Waals surface area contributed by atoms with Gasteiger partial charge in [0.25, 0.3) is 5.79 Å². The Bertz CT molecular complexity index is 1820. The Labute approximate surface area is 518 Å². The van der Waals surface area contributed by atoms with E-state index in [1.807, 2.05) is 0 Å². The van der Waals surface area contributed by atoms with E-state index >= 15 is 0 Å². The lowest BCUT2D eigenvalue weighted by molar-refractivity contribution is -0.386. The van der Waals surface area contributed by atoms with Crippen molar-refractivity contribution in [2.24, 2.45) is 0 Å². The van der Waals surface area contributed by atoms with E-state index < -0.39 is 148 Å². The predicted octanol–water partition coefficient (Wildman–Crippen LogP) is 5.12. The molecule has 510 valence electrons. The first kappa shape index (κ1) is 78.7. The van der Waals surface area contributed by atoms with E-state index in [4.69, 9.17) is 28.4 Å². The molecule has 3 fully saturated rings. The van der Waals surface area contributed by atoms with Gasteiger partial charge in [0.1, 0.15) is 67.1 Å². The molecule has 0 aromatic heterocycles. The molecule has 18 unspecified atom stereocenters. The molecule has 87 heavy (non-hydrogen) atoms. The molecule has 3 aliphatic heterocycles. The van der Waals surface area contributed by atoms with Gasteiger partial charge in [0.05, 0.1) is 50.7 Å². The number of amides is 2. The van der Waals surface area contributed by atoms with Crippen LogP contribution in [0.2, 0.25) is 0 Å². The number of rotatable bonds is 50. The first-order valence-corrected chi connectivity index (χ1v) is 33.5. The number of ether oxygens (including phenoxy) is 6. The molecule has 0 aromatic carbocycles. The second-order valence-corrected chi connectivity index (χ2v) is 24.7. The summed E-state index contributed by atoms with van der Waals surface area (Å²) in [7, 11) is 0. The third-order valence-corrected chi connectivity index (χ3v) is 17.2. The maximum absolute atomic E-state index is 13.4. The molecule has 0 bridgehead atoms. The number of aliphatic hydroxyl groups is 11. The van der Waals surface area contributed by atoms with Gasteiger partial charge < -0.3 is 100 Å². The van der Waals surface area contributed by atoms with Crippen molar-refractivity contribution < 1.29 is 104 Å². The highest BCUT2D eigenvalue weighted by molar-refractivity contribution is 5.77. The standard InChI is InChI=1S/C64H118N2O21/c1-4-6-8-10-12-14-16-17-18-19-20-21-22-23-24-25-26-28-30-32-34-36-38-51(74)66-45(46(71)37-35-33-31-29-27-15-13-11-9-7-5-2)43-82-61-56(78)55(77)58(50(42-69)84-61)85-62-57(79)60(54(76)49(41-68)83-62)87-64(63(80)81)39-47(72)52(65-44(3)70)59(86-64)53(75)48(73)40-67/h22-23,45-50,52-62,67-69,71-73,75-79H,4-21,24-43H2,1-3H3,(H,65,70)(H,66,74)(H,80,81)/b23-22-. The molecule has 0 aromatic rings. The molecular formula is C64H118N2O21. The monoisotopic (exact) mass is 1250 g/mol. The van der Waals surface area contributed by atoms with Crippen LogP contribution in [0.25, 0.3) is 0 Å². The van der Waals surface area contributed by atoms with Gasteiger partial charge in [-0.1, -0.05) is 193 Å². The lowest BCUT2D eigenvalue weighted by atomic mass is 9.88. The fourth-order valence-corrected chi connectivity index (χ4v) is 11.8. The summed E-state index contributed by atoms with van der Waals surface area (Å²) in [4.78, 5) is 38.5. The Hall–Kier alpha value is -2.53. The van der Waals surface area contributed by atoms with Crippen molar-refractivity contribution in [1.82, 2.24) is 10.6 Å². The Morgan fingerprint density at radius 2 is 1.07 bits per heavy atom. The third kappa shape index (κ3) is 28.9. The van der Waals surface area contributed by atoms with Crippen LogP contribution < -0.4 is 10.6 Å². The van der Waals surface area contributed by atoms with E-state index in [0.29, 0.717) is 19.3 Å². The molecule has 0 radical (unpaired) electrons. The second-order valence-electron chi connectivity index (χ2n) is 24.7. The summed E-state index contributed by atoms with van der Waals surface area (Å²) in [6.07, 6.45) is 12.4. The number of nitrogens with one attached hydrogen (secondary N) is 2. The lowest BCUT2D eigenvalue weighted by Crippen LogP contribution is -2.70. The summed E-state index contributed by atoms with van der Waals surface area (Å²) in [6.45, 7) is 2.18. The van der Waals surface area contributed by atoms with Crippen LogP contribution in [0.1, 0.15) is 239 Å². The van der Waals surface area contributed by atoms with Gasteiger partial charge in [0.2, 0.25) is 11.8 Å². The highest BCUT2D eigenvalue weighted by Crippen LogP contribution is 2.39. The maximum atomic E-state index is 13.4. The van der Waals surface area contributed by atoms with Crippen LogP contribution in [-0.4, -0.2) is 215 Å². The first-order chi connectivity index (χ1) is 41.9. The molecular weight excluding hydrogens is 1130 g/mol. The van der Waals surface area contributed by atoms with Crippen LogP contribution in [0.4, 0.5) is 0 Å². The largest absolute Gasteiger partial charge is 0.477 e. The highest BCUT2D eigenvalue weighted by atomic mass is 16.8. The number of hydrogen-bond acceptors (Lipinski definition) is 20. The quantitative estimate of drug-likeness (QED) is 0.0278. The van der Waals surface area contributed by atoms with Gasteiger partial charge in [-0.3, -0.25) is 9.59 Å². The van der Waals surface area contributed by atoms with E-state index in [-0.39, 0.29) is 18.9 Å². The van der Waals surface area contributed by atoms with Gasteiger partial charge in [-0.15, -0.1) is 0 Å². The number of carbonyl (C=O) groups is 3. The van der Waals surface area contributed by atoms with Gasteiger partial charge in [0.15, 0.2) is 12.6 Å². The molecule has 18 atom stereocenters.